The number of benzene rings is 1. The number of aliphatic hydroxyl groups is 2. The lowest BCUT2D eigenvalue weighted by molar-refractivity contribution is -0.125. The summed E-state index contributed by atoms with van der Waals surface area (Å²) in [4.78, 5) is 13.2. The quantitative estimate of drug-likeness (QED) is 0.501. The van der Waals surface area contributed by atoms with Gasteiger partial charge in [0.2, 0.25) is 5.91 Å². The van der Waals surface area contributed by atoms with Crippen molar-refractivity contribution in [3.05, 3.63) is 35.9 Å². The molecule has 1 aliphatic heterocycles. The fourth-order valence-corrected chi connectivity index (χ4v) is 1.83. The first-order valence-corrected chi connectivity index (χ1v) is 5.75. The summed E-state index contributed by atoms with van der Waals surface area (Å²) in [6, 6.07) is 7.14. The SMILES string of the molecule is Nc1ccc(/C=C/C(=O)N2CC(O)C(O)C2)cc1. The summed E-state index contributed by atoms with van der Waals surface area (Å²) in [5.41, 5.74) is 7.10. The summed E-state index contributed by atoms with van der Waals surface area (Å²) < 4.78 is 0. The molecule has 1 fully saturated rings. The molecule has 5 heteroatoms. The van der Waals surface area contributed by atoms with Crippen molar-refractivity contribution < 1.29 is 15.0 Å². The van der Waals surface area contributed by atoms with Crippen LogP contribution in [0.5, 0.6) is 0 Å². The first-order valence-electron chi connectivity index (χ1n) is 5.75. The Kier molecular flexibility index (Phi) is 3.64. The van der Waals surface area contributed by atoms with Crippen LogP contribution in [0.1, 0.15) is 5.56 Å². The van der Waals surface area contributed by atoms with Crippen LogP contribution in [-0.4, -0.2) is 46.3 Å². The molecule has 1 aromatic carbocycles. The molecule has 0 spiro atoms. The number of amides is 1. The highest BCUT2D eigenvalue weighted by Gasteiger charge is 2.31. The average Bonchev–Trinajstić information content (AvgIpc) is 2.69. The molecule has 1 amide bonds. The standard InChI is InChI=1S/C13H16N2O3/c14-10-4-1-9(2-5-10)3-6-13(18)15-7-11(16)12(17)8-15/h1-6,11-12,16-17H,7-8,14H2/b6-3+. The van der Waals surface area contributed by atoms with Crippen LogP contribution in [0.2, 0.25) is 0 Å². The van der Waals surface area contributed by atoms with Crippen molar-refractivity contribution in [3.63, 3.8) is 0 Å². The van der Waals surface area contributed by atoms with Gasteiger partial charge >= 0.3 is 0 Å². The molecule has 0 radical (unpaired) electrons. The molecule has 2 atom stereocenters. The Morgan fingerprint density at radius 1 is 1.22 bits per heavy atom. The van der Waals surface area contributed by atoms with E-state index in [0.717, 1.165) is 5.56 Å². The smallest absolute Gasteiger partial charge is 0.246 e. The summed E-state index contributed by atoms with van der Waals surface area (Å²) in [6.07, 6.45) is 1.41. The molecule has 1 heterocycles. The number of aliphatic hydroxyl groups excluding tert-OH is 2. The fraction of sp³-hybridized carbons (Fsp3) is 0.308. The highest BCUT2D eigenvalue weighted by molar-refractivity contribution is 5.92. The van der Waals surface area contributed by atoms with Crippen molar-refractivity contribution in [2.75, 3.05) is 18.8 Å². The van der Waals surface area contributed by atoms with Crippen molar-refractivity contribution in [1.82, 2.24) is 4.90 Å². The maximum Gasteiger partial charge on any atom is 0.246 e. The van der Waals surface area contributed by atoms with E-state index < -0.39 is 12.2 Å². The number of β-amino-alcohol motifs (C(OH)–C–C–N with tert-alkyl or cyclic N) is 2. The summed E-state index contributed by atoms with van der Waals surface area (Å²) >= 11 is 0. The maximum atomic E-state index is 11.8. The molecule has 0 aromatic heterocycles. The first kappa shape index (κ1) is 12.6. The van der Waals surface area contributed by atoms with Gasteiger partial charge < -0.3 is 20.8 Å². The summed E-state index contributed by atoms with van der Waals surface area (Å²) in [6.45, 7) is 0.345. The number of carbonyl (C=O) groups excluding carboxylic acids is 1. The van der Waals surface area contributed by atoms with Crippen molar-refractivity contribution in [1.29, 1.82) is 0 Å². The number of likely N-dealkylation sites (tertiary alicyclic amines) is 1. The second kappa shape index (κ2) is 5.20. The number of hydrogen-bond donors (Lipinski definition) is 3. The van der Waals surface area contributed by atoms with Gasteiger partial charge in [-0.15, -0.1) is 0 Å². The van der Waals surface area contributed by atoms with Crippen LogP contribution in [-0.2, 0) is 4.79 Å². The molecule has 2 unspecified atom stereocenters. The van der Waals surface area contributed by atoms with Gasteiger partial charge in [0.05, 0.1) is 12.2 Å². The number of anilines is 1. The number of nitrogens with zero attached hydrogens (tertiary/aromatic N) is 1. The Morgan fingerprint density at radius 2 is 1.78 bits per heavy atom. The van der Waals surface area contributed by atoms with Gasteiger partial charge in [0.1, 0.15) is 0 Å². The molecule has 5 nitrogen and oxygen atoms in total. The molecular formula is C13H16N2O3. The molecule has 0 aliphatic carbocycles. The van der Waals surface area contributed by atoms with E-state index in [2.05, 4.69) is 0 Å². The van der Waals surface area contributed by atoms with Gasteiger partial charge in [-0.05, 0) is 23.8 Å². The van der Waals surface area contributed by atoms with E-state index in [1.165, 1.54) is 11.0 Å². The minimum Gasteiger partial charge on any atom is -0.399 e. The minimum absolute atomic E-state index is 0.173. The predicted molar refractivity (Wildman–Crippen MR) is 68.5 cm³/mol. The number of nitrogens with two attached hydrogens (primary N) is 1. The Labute approximate surface area is 105 Å². The van der Waals surface area contributed by atoms with Crippen LogP contribution in [0.3, 0.4) is 0 Å². The molecule has 2 rings (SSSR count). The highest BCUT2D eigenvalue weighted by Crippen LogP contribution is 2.12. The normalized spacial score (nSPS) is 23.8. The highest BCUT2D eigenvalue weighted by atomic mass is 16.3. The van der Waals surface area contributed by atoms with Crippen molar-refractivity contribution in [3.8, 4) is 0 Å². The van der Waals surface area contributed by atoms with E-state index in [1.54, 1.807) is 18.2 Å². The Balaban J connectivity index is 1.97. The van der Waals surface area contributed by atoms with E-state index in [-0.39, 0.29) is 19.0 Å². The molecule has 18 heavy (non-hydrogen) atoms. The van der Waals surface area contributed by atoms with Gasteiger partial charge in [-0.2, -0.15) is 0 Å². The summed E-state index contributed by atoms with van der Waals surface area (Å²) in [5, 5.41) is 18.7. The molecule has 0 bridgehead atoms. The lowest BCUT2D eigenvalue weighted by Gasteiger charge is -2.11. The zero-order valence-electron chi connectivity index (χ0n) is 9.86. The van der Waals surface area contributed by atoms with Crippen molar-refractivity contribution in [2.24, 2.45) is 0 Å². The minimum atomic E-state index is -0.848. The molecule has 1 aliphatic rings. The summed E-state index contributed by atoms with van der Waals surface area (Å²) in [7, 11) is 0. The van der Waals surface area contributed by atoms with E-state index >= 15 is 0 Å². The molecule has 0 saturated carbocycles. The largest absolute Gasteiger partial charge is 0.399 e. The topological polar surface area (TPSA) is 86.8 Å². The zero-order valence-corrected chi connectivity index (χ0v) is 9.86. The number of carbonyl (C=O) groups is 1. The van der Waals surface area contributed by atoms with E-state index in [9.17, 15) is 15.0 Å². The molecule has 96 valence electrons. The molecule has 4 N–H and O–H groups in total. The Hall–Kier alpha value is -1.85. The zero-order chi connectivity index (χ0) is 13.1. The Morgan fingerprint density at radius 3 is 2.33 bits per heavy atom. The van der Waals surface area contributed by atoms with Gasteiger partial charge in [0.25, 0.3) is 0 Å². The fourth-order valence-electron chi connectivity index (χ4n) is 1.83. The average molecular weight is 248 g/mol. The monoisotopic (exact) mass is 248 g/mol. The maximum absolute atomic E-state index is 11.8. The van der Waals surface area contributed by atoms with Gasteiger partial charge in [0, 0.05) is 24.9 Å². The number of hydrogen-bond acceptors (Lipinski definition) is 4. The molecule has 1 aromatic rings. The van der Waals surface area contributed by atoms with Crippen LogP contribution < -0.4 is 5.73 Å². The van der Waals surface area contributed by atoms with Crippen LogP contribution in [0, 0.1) is 0 Å². The molecular weight excluding hydrogens is 232 g/mol. The lowest BCUT2D eigenvalue weighted by atomic mass is 10.2. The first-order chi connectivity index (χ1) is 8.56. The summed E-state index contributed by atoms with van der Waals surface area (Å²) in [5.74, 6) is -0.220. The third-order valence-corrected chi connectivity index (χ3v) is 2.93. The second-order valence-electron chi connectivity index (χ2n) is 4.38. The van der Waals surface area contributed by atoms with Gasteiger partial charge in [-0.3, -0.25) is 4.79 Å². The van der Waals surface area contributed by atoms with Crippen LogP contribution in [0.15, 0.2) is 30.3 Å². The third-order valence-electron chi connectivity index (χ3n) is 2.93. The van der Waals surface area contributed by atoms with E-state index in [1.807, 2.05) is 12.1 Å². The predicted octanol–water partition coefficient (Wildman–Crippen LogP) is -0.154. The van der Waals surface area contributed by atoms with Gasteiger partial charge in [-0.25, -0.2) is 0 Å². The second-order valence-corrected chi connectivity index (χ2v) is 4.38. The lowest BCUT2D eigenvalue weighted by Crippen LogP contribution is -2.27. The Bertz CT molecular complexity index is 446. The van der Waals surface area contributed by atoms with Gasteiger partial charge in [0.15, 0.2) is 0 Å². The van der Waals surface area contributed by atoms with Crippen molar-refractivity contribution in [2.45, 2.75) is 12.2 Å². The molecule has 1 saturated heterocycles. The number of rotatable bonds is 2. The van der Waals surface area contributed by atoms with Crippen LogP contribution in [0.25, 0.3) is 6.08 Å². The van der Waals surface area contributed by atoms with Crippen LogP contribution in [0.4, 0.5) is 5.69 Å². The van der Waals surface area contributed by atoms with E-state index in [4.69, 9.17) is 5.73 Å². The van der Waals surface area contributed by atoms with Crippen molar-refractivity contribution >= 4 is 17.7 Å². The van der Waals surface area contributed by atoms with Crippen LogP contribution >= 0.6 is 0 Å². The van der Waals surface area contributed by atoms with Gasteiger partial charge in [-0.1, -0.05) is 12.1 Å². The number of nitrogen functional groups attached to an aromatic ring is 1. The van der Waals surface area contributed by atoms with E-state index in [0.29, 0.717) is 5.69 Å². The third kappa shape index (κ3) is 2.88.